The zero-order valence-electron chi connectivity index (χ0n) is 16.0. The van der Waals surface area contributed by atoms with Crippen molar-refractivity contribution in [3.8, 4) is 11.1 Å². The molecule has 1 aliphatic rings. The van der Waals surface area contributed by atoms with Gasteiger partial charge in [0.15, 0.2) is 0 Å². The van der Waals surface area contributed by atoms with Crippen LogP contribution in [0.4, 0.5) is 0 Å². The van der Waals surface area contributed by atoms with Crippen LogP contribution in [0.25, 0.3) is 11.1 Å². The average molecular weight is 374 g/mol. The van der Waals surface area contributed by atoms with E-state index in [1.807, 2.05) is 29.1 Å². The van der Waals surface area contributed by atoms with E-state index in [1.165, 1.54) is 5.56 Å². The van der Waals surface area contributed by atoms with Crippen molar-refractivity contribution in [1.29, 1.82) is 0 Å². The summed E-state index contributed by atoms with van der Waals surface area (Å²) in [6, 6.07) is 18.7. The van der Waals surface area contributed by atoms with Gasteiger partial charge in [0.05, 0.1) is 12.6 Å². The normalized spacial score (nSPS) is 16.6. The number of nitrogens with zero attached hydrogens (tertiary/aromatic N) is 2. The fourth-order valence-electron chi connectivity index (χ4n) is 3.71. The summed E-state index contributed by atoms with van der Waals surface area (Å²) in [6.45, 7) is 2.24. The molecule has 1 saturated heterocycles. The first-order valence-corrected chi connectivity index (χ1v) is 9.95. The minimum absolute atomic E-state index is 0.0532. The molecule has 0 bridgehead atoms. The summed E-state index contributed by atoms with van der Waals surface area (Å²) in [7, 11) is 0. The Morgan fingerprint density at radius 2 is 1.96 bits per heavy atom. The third-order valence-corrected chi connectivity index (χ3v) is 5.27. The molecule has 1 atom stereocenters. The number of nitrogens with one attached hydrogen (secondary N) is 2. The maximum absolute atomic E-state index is 12.4. The second kappa shape index (κ2) is 8.85. The highest BCUT2D eigenvalue weighted by atomic mass is 16.2. The van der Waals surface area contributed by atoms with Crippen LogP contribution in [0.2, 0.25) is 0 Å². The van der Waals surface area contributed by atoms with Crippen molar-refractivity contribution in [3.63, 3.8) is 0 Å². The van der Waals surface area contributed by atoms with Gasteiger partial charge in [0.1, 0.15) is 0 Å². The monoisotopic (exact) mass is 374 g/mol. The Bertz CT molecular complexity index is 897. The number of piperidine rings is 1. The van der Waals surface area contributed by atoms with E-state index in [1.54, 1.807) is 6.20 Å². The van der Waals surface area contributed by atoms with E-state index in [0.29, 0.717) is 6.54 Å². The summed E-state index contributed by atoms with van der Waals surface area (Å²) in [5, 5.41) is 10.7. The van der Waals surface area contributed by atoms with Crippen molar-refractivity contribution < 1.29 is 4.79 Å². The molecule has 2 aromatic carbocycles. The van der Waals surface area contributed by atoms with Crippen LogP contribution >= 0.6 is 0 Å². The summed E-state index contributed by atoms with van der Waals surface area (Å²) in [6.07, 6.45) is 6.95. The molecule has 2 N–H and O–H groups in total. The first-order chi connectivity index (χ1) is 13.8. The van der Waals surface area contributed by atoms with E-state index in [0.717, 1.165) is 49.0 Å². The molecule has 0 radical (unpaired) electrons. The van der Waals surface area contributed by atoms with E-state index in [9.17, 15) is 4.79 Å². The Morgan fingerprint density at radius 3 is 2.71 bits per heavy atom. The zero-order chi connectivity index (χ0) is 19.2. The molecule has 28 heavy (non-hydrogen) atoms. The topological polar surface area (TPSA) is 59.0 Å². The lowest BCUT2D eigenvalue weighted by molar-refractivity contribution is -0.123. The predicted octanol–water partition coefficient (Wildman–Crippen LogP) is 3.36. The first-order valence-electron chi connectivity index (χ1n) is 9.95. The fraction of sp³-hybridized carbons (Fsp3) is 0.304. The highest BCUT2D eigenvalue weighted by molar-refractivity contribution is 5.82. The van der Waals surface area contributed by atoms with Crippen molar-refractivity contribution in [1.82, 2.24) is 20.4 Å². The number of amides is 1. The minimum atomic E-state index is -0.0532. The second-order valence-corrected chi connectivity index (χ2v) is 7.28. The minimum Gasteiger partial charge on any atom is -0.351 e. The molecule has 0 spiro atoms. The number of hydrogen-bond acceptors (Lipinski definition) is 3. The number of benzene rings is 2. The van der Waals surface area contributed by atoms with Crippen LogP contribution in [0.15, 0.2) is 67.0 Å². The van der Waals surface area contributed by atoms with Gasteiger partial charge in [-0.25, -0.2) is 0 Å². The number of carbonyl (C=O) groups is 1. The summed E-state index contributed by atoms with van der Waals surface area (Å²) in [5.74, 6) is 0.101. The maximum Gasteiger partial charge on any atom is 0.237 e. The van der Waals surface area contributed by atoms with Crippen LogP contribution in [0.5, 0.6) is 0 Å². The molecule has 0 aliphatic carbocycles. The Hall–Kier alpha value is -2.92. The fourth-order valence-corrected chi connectivity index (χ4v) is 3.71. The number of aromatic nitrogens is 2. The van der Waals surface area contributed by atoms with E-state index in [2.05, 4.69) is 52.1 Å². The zero-order valence-corrected chi connectivity index (χ0v) is 16.0. The summed E-state index contributed by atoms with van der Waals surface area (Å²) >= 11 is 0. The largest absolute Gasteiger partial charge is 0.351 e. The third-order valence-electron chi connectivity index (χ3n) is 5.27. The van der Waals surface area contributed by atoms with Gasteiger partial charge in [-0.3, -0.25) is 9.48 Å². The molecule has 1 fully saturated rings. The maximum atomic E-state index is 12.4. The molecule has 1 aliphatic heterocycles. The van der Waals surface area contributed by atoms with Crippen LogP contribution in [-0.2, 0) is 17.9 Å². The van der Waals surface area contributed by atoms with Crippen molar-refractivity contribution in [3.05, 3.63) is 78.1 Å². The van der Waals surface area contributed by atoms with Gasteiger partial charge in [-0.2, -0.15) is 5.10 Å². The smallest absolute Gasteiger partial charge is 0.237 e. The highest BCUT2D eigenvalue weighted by Crippen LogP contribution is 2.24. The van der Waals surface area contributed by atoms with Crippen LogP contribution in [0.1, 0.15) is 30.4 Å². The molecule has 1 aromatic heterocycles. The Morgan fingerprint density at radius 1 is 1.11 bits per heavy atom. The first kappa shape index (κ1) is 18.4. The lowest BCUT2D eigenvalue weighted by atomic mass is 9.98. The molecule has 5 heteroatoms. The van der Waals surface area contributed by atoms with E-state index < -0.39 is 0 Å². The van der Waals surface area contributed by atoms with Gasteiger partial charge in [0.2, 0.25) is 5.91 Å². The average Bonchev–Trinajstić information content (AvgIpc) is 3.26. The van der Waals surface area contributed by atoms with Crippen molar-refractivity contribution >= 4 is 5.91 Å². The van der Waals surface area contributed by atoms with E-state index in [4.69, 9.17) is 0 Å². The number of rotatable bonds is 6. The molecule has 5 nitrogen and oxygen atoms in total. The Balaban J connectivity index is 1.44. The van der Waals surface area contributed by atoms with Gasteiger partial charge in [-0.15, -0.1) is 0 Å². The van der Waals surface area contributed by atoms with Gasteiger partial charge in [0.25, 0.3) is 0 Å². The van der Waals surface area contributed by atoms with Crippen molar-refractivity contribution in [2.24, 2.45) is 0 Å². The van der Waals surface area contributed by atoms with Crippen LogP contribution in [-0.4, -0.2) is 28.3 Å². The SMILES string of the molecule is O=C(NCc1ccccc1-c1ccc(Cn2cccn2)cc1)C1CCCCN1. The van der Waals surface area contributed by atoms with Crippen LogP contribution in [0, 0.1) is 0 Å². The van der Waals surface area contributed by atoms with Crippen LogP contribution < -0.4 is 10.6 Å². The van der Waals surface area contributed by atoms with Gasteiger partial charge in [-0.05, 0) is 47.7 Å². The molecule has 1 unspecified atom stereocenters. The molecule has 144 valence electrons. The van der Waals surface area contributed by atoms with Crippen LogP contribution in [0.3, 0.4) is 0 Å². The summed E-state index contributed by atoms with van der Waals surface area (Å²) in [4.78, 5) is 12.4. The Labute approximate surface area is 165 Å². The second-order valence-electron chi connectivity index (χ2n) is 7.28. The number of carbonyl (C=O) groups excluding carboxylic acids is 1. The molecule has 0 saturated carbocycles. The standard InChI is InChI=1S/C23H26N4O/c28-23(22-8-3-4-13-24-22)25-16-20-6-1-2-7-21(20)19-11-9-18(10-12-19)17-27-15-5-14-26-27/h1-2,5-7,9-12,14-15,22,24H,3-4,8,13,16-17H2,(H,25,28). The Kier molecular flexibility index (Phi) is 5.83. The van der Waals surface area contributed by atoms with Crippen molar-refractivity contribution in [2.45, 2.75) is 38.4 Å². The quantitative estimate of drug-likeness (QED) is 0.696. The van der Waals surface area contributed by atoms with Gasteiger partial charge in [-0.1, -0.05) is 55.0 Å². The number of hydrogen-bond donors (Lipinski definition) is 2. The molecule has 3 aromatic rings. The summed E-state index contributed by atoms with van der Waals surface area (Å²) < 4.78 is 1.91. The lowest BCUT2D eigenvalue weighted by Gasteiger charge is -2.22. The lowest BCUT2D eigenvalue weighted by Crippen LogP contribution is -2.46. The van der Waals surface area contributed by atoms with Gasteiger partial charge in [0, 0.05) is 18.9 Å². The van der Waals surface area contributed by atoms with Crippen molar-refractivity contribution in [2.75, 3.05) is 6.54 Å². The molecule has 1 amide bonds. The van der Waals surface area contributed by atoms with Gasteiger partial charge >= 0.3 is 0 Å². The molecular weight excluding hydrogens is 348 g/mol. The van der Waals surface area contributed by atoms with Gasteiger partial charge < -0.3 is 10.6 Å². The highest BCUT2D eigenvalue weighted by Gasteiger charge is 2.20. The van der Waals surface area contributed by atoms with E-state index >= 15 is 0 Å². The van der Waals surface area contributed by atoms with E-state index in [-0.39, 0.29) is 11.9 Å². The predicted molar refractivity (Wildman–Crippen MR) is 111 cm³/mol. The molecule has 4 rings (SSSR count). The summed E-state index contributed by atoms with van der Waals surface area (Å²) in [5.41, 5.74) is 4.66. The molecule has 2 heterocycles. The third kappa shape index (κ3) is 4.49. The molecular formula is C23H26N4O.